The maximum absolute atomic E-state index is 9.17. The number of rotatable bonds is 7. The fraction of sp³-hybridized carbons (Fsp3) is 0.417. The van der Waals surface area contributed by atoms with Crippen LogP contribution in [-0.4, -0.2) is 26.7 Å². The van der Waals surface area contributed by atoms with E-state index < -0.39 is 6.04 Å². The molecule has 0 aliphatic carbocycles. The van der Waals surface area contributed by atoms with Crippen LogP contribution >= 0.6 is 11.3 Å². The summed E-state index contributed by atoms with van der Waals surface area (Å²) in [5, 5.41) is 31.0. The van der Waals surface area contributed by atoms with Crippen molar-refractivity contribution in [2.24, 2.45) is 0 Å². The van der Waals surface area contributed by atoms with Gasteiger partial charge in [-0.05, 0) is 17.9 Å². The first-order valence-electron chi connectivity index (χ1n) is 5.99. The lowest BCUT2D eigenvalue weighted by Gasteiger charge is -2.06. The summed E-state index contributed by atoms with van der Waals surface area (Å²) in [4.78, 5) is 1.17. The summed E-state index contributed by atoms with van der Waals surface area (Å²) in [5.41, 5.74) is 0.608. The Kier molecular flexibility index (Phi) is 5.03. The smallest absolute Gasteiger partial charge is 0.142 e. The van der Waals surface area contributed by atoms with Crippen LogP contribution in [0.15, 0.2) is 23.7 Å². The van der Waals surface area contributed by atoms with Gasteiger partial charge in [-0.3, -0.25) is 10.00 Å². The minimum Gasteiger partial charge on any atom is -0.396 e. The molecule has 0 saturated heterocycles. The second kappa shape index (κ2) is 6.99. The maximum atomic E-state index is 9.17. The average molecular weight is 277 g/mol. The van der Waals surface area contributed by atoms with Gasteiger partial charge in [-0.2, -0.15) is 5.26 Å². The molecule has 0 spiro atoms. The Morgan fingerprint density at radius 1 is 1.58 bits per heavy atom. The highest BCUT2D eigenvalue weighted by Gasteiger charge is 2.14. The normalized spacial score (nSPS) is 12.2. The van der Waals surface area contributed by atoms with E-state index >= 15 is 0 Å². The van der Waals surface area contributed by atoms with Gasteiger partial charge >= 0.3 is 0 Å². The lowest BCUT2D eigenvalue weighted by atomic mass is 10.2. The molecule has 2 aromatic heterocycles. The Balaban J connectivity index is 1.93. The van der Waals surface area contributed by atoms with Crippen LogP contribution in [0, 0.1) is 11.3 Å². The third-order valence-electron chi connectivity index (χ3n) is 2.59. The van der Waals surface area contributed by atoms with Crippen LogP contribution in [0.1, 0.15) is 23.0 Å². The highest BCUT2D eigenvalue weighted by atomic mass is 32.1. The summed E-state index contributed by atoms with van der Waals surface area (Å²) in [6.45, 7) is 1.36. The van der Waals surface area contributed by atoms with Gasteiger partial charge < -0.3 is 5.11 Å². The molecule has 0 amide bonds. The summed E-state index contributed by atoms with van der Waals surface area (Å²) in [6.07, 6.45) is 2.37. The van der Waals surface area contributed by atoms with E-state index in [-0.39, 0.29) is 6.61 Å². The van der Waals surface area contributed by atoms with Gasteiger partial charge in [0.15, 0.2) is 0 Å². The third kappa shape index (κ3) is 3.86. The second-order valence-corrected chi connectivity index (χ2v) is 5.04. The number of thiophene rings is 1. The molecule has 100 valence electrons. The first-order valence-corrected chi connectivity index (χ1v) is 6.87. The first kappa shape index (κ1) is 13.7. The number of nitrogens with zero attached hydrogens (tertiary/aromatic N) is 4. The first-order chi connectivity index (χ1) is 9.33. The fourth-order valence-corrected chi connectivity index (χ4v) is 2.28. The molecule has 19 heavy (non-hydrogen) atoms. The molecule has 0 radical (unpaired) electrons. The van der Waals surface area contributed by atoms with Crippen molar-refractivity contribution in [1.29, 1.82) is 5.26 Å². The van der Waals surface area contributed by atoms with Crippen LogP contribution < -0.4 is 5.32 Å². The lowest BCUT2D eigenvalue weighted by Crippen LogP contribution is -2.19. The molecule has 1 unspecified atom stereocenters. The van der Waals surface area contributed by atoms with Crippen molar-refractivity contribution in [2.75, 3.05) is 6.61 Å². The zero-order valence-corrected chi connectivity index (χ0v) is 11.2. The van der Waals surface area contributed by atoms with Crippen molar-refractivity contribution in [3.8, 4) is 6.07 Å². The number of nitrogens with one attached hydrogen (secondary N) is 1. The van der Waals surface area contributed by atoms with Crippen LogP contribution in [0.5, 0.6) is 0 Å². The molecule has 6 nitrogen and oxygen atoms in total. The SMILES string of the molecule is N#CC(NCc1cccs1)c1cn(CCCO)nn1. The average Bonchev–Trinajstić information content (AvgIpc) is 3.08. The molecule has 2 aromatic rings. The Morgan fingerprint density at radius 3 is 3.16 bits per heavy atom. The molecule has 0 bridgehead atoms. The number of aromatic nitrogens is 3. The number of aryl methyl sites for hydroxylation is 1. The minimum absolute atomic E-state index is 0.119. The molecule has 0 fully saturated rings. The highest BCUT2D eigenvalue weighted by Crippen LogP contribution is 2.12. The van der Waals surface area contributed by atoms with Gasteiger partial charge in [-0.25, -0.2) is 0 Å². The number of nitriles is 1. The Hall–Kier alpha value is -1.75. The summed E-state index contributed by atoms with van der Waals surface area (Å²) < 4.78 is 1.64. The Morgan fingerprint density at radius 2 is 2.47 bits per heavy atom. The molecular formula is C12H15N5OS. The summed E-state index contributed by atoms with van der Waals surface area (Å²) in [6, 6.07) is 5.71. The van der Waals surface area contributed by atoms with Gasteiger partial charge in [0.05, 0.1) is 12.3 Å². The van der Waals surface area contributed by atoms with Gasteiger partial charge in [0.1, 0.15) is 11.7 Å². The maximum Gasteiger partial charge on any atom is 0.142 e. The van der Waals surface area contributed by atoms with Crippen LogP contribution in [0.3, 0.4) is 0 Å². The van der Waals surface area contributed by atoms with Crippen molar-refractivity contribution < 1.29 is 5.11 Å². The minimum atomic E-state index is -0.468. The number of aliphatic hydroxyl groups is 1. The topological polar surface area (TPSA) is 86.8 Å². The summed E-state index contributed by atoms with van der Waals surface area (Å²) >= 11 is 1.65. The Labute approximate surface area is 115 Å². The predicted molar refractivity (Wildman–Crippen MR) is 71.2 cm³/mol. The molecule has 0 aromatic carbocycles. The predicted octanol–water partition coefficient (Wildman–Crippen LogP) is 1.08. The quantitative estimate of drug-likeness (QED) is 0.790. The summed E-state index contributed by atoms with van der Waals surface area (Å²) in [7, 11) is 0. The molecular weight excluding hydrogens is 262 g/mol. The molecule has 0 aliphatic rings. The van der Waals surface area contributed by atoms with Crippen molar-refractivity contribution in [1.82, 2.24) is 20.3 Å². The number of aliphatic hydroxyl groups excluding tert-OH is 1. The van der Waals surface area contributed by atoms with Crippen molar-refractivity contribution in [2.45, 2.75) is 25.6 Å². The van der Waals surface area contributed by atoms with Gasteiger partial charge in [0.25, 0.3) is 0 Å². The molecule has 2 N–H and O–H groups in total. The van der Waals surface area contributed by atoms with Crippen LogP contribution in [0.2, 0.25) is 0 Å². The van der Waals surface area contributed by atoms with E-state index in [0.717, 1.165) is 0 Å². The zero-order chi connectivity index (χ0) is 13.5. The Bertz CT molecular complexity index is 531. The molecule has 0 saturated carbocycles. The van der Waals surface area contributed by atoms with E-state index in [2.05, 4.69) is 21.7 Å². The van der Waals surface area contributed by atoms with Crippen LogP contribution in [0.4, 0.5) is 0 Å². The van der Waals surface area contributed by atoms with Crippen molar-refractivity contribution in [3.63, 3.8) is 0 Å². The van der Waals surface area contributed by atoms with Crippen molar-refractivity contribution in [3.05, 3.63) is 34.3 Å². The number of hydrogen-bond acceptors (Lipinski definition) is 6. The van der Waals surface area contributed by atoms with Gasteiger partial charge in [-0.1, -0.05) is 11.3 Å². The van der Waals surface area contributed by atoms with Crippen molar-refractivity contribution >= 4 is 11.3 Å². The summed E-state index contributed by atoms with van der Waals surface area (Å²) in [5.74, 6) is 0. The van der Waals surface area contributed by atoms with Gasteiger partial charge in [0, 0.05) is 24.6 Å². The van der Waals surface area contributed by atoms with E-state index in [1.807, 2.05) is 17.5 Å². The van der Waals surface area contributed by atoms with E-state index in [0.29, 0.717) is 25.2 Å². The van der Waals surface area contributed by atoms with Gasteiger partial charge in [-0.15, -0.1) is 16.4 Å². The van der Waals surface area contributed by atoms with E-state index in [4.69, 9.17) is 10.4 Å². The molecule has 0 aliphatic heterocycles. The highest BCUT2D eigenvalue weighted by molar-refractivity contribution is 7.09. The molecule has 7 heteroatoms. The monoisotopic (exact) mass is 277 g/mol. The second-order valence-electron chi connectivity index (χ2n) is 4.01. The number of hydrogen-bond donors (Lipinski definition) is 2. The van der Waals surface area contributed by atoms with E-state index in [1.54, 1.807) is 22.2 Å². The molecule has 2 rings (SSSR count). The largest absolute Gasteiger partial charge is 0.396 e. The molecule has 2 heterocycles. The lowest BCUT2D eigenvalue weighted by molar-refractivity contribution is 0.276. The fourth-order valence-electron chi connectivity index (χ4n) is 1.62. The molecule has 1 atom stereocenters. The van der Waals surface area contributed by atoms with Crippen LogP contribution in [0.25, 0.3) is 0 Å². The van der Waals surface area contributed by atoms with Crippen LogP contribution in [-0.2, 0) is 13.1 Å². The zero-order valence-electron chi connectivity index (χ0n) is 10.4. The third-order valence-corrected chi connectivity index (χ3v) is 3.46. The standard InChI is InChI=1S/C12H15N5OS/c13-7-11(14-8-10-3-1-6-19-10)12-9-17(16-15-12)4-2-5-18/h1,3,6,9,11,14,18H,2,4-5,8H2. The van der Waals surface area contributed by atoms with E-state index in [9.17, 15) is 0 Å². The van der Waals surface area contributed by atoms with Gasteiger partial charge in [0.2, 0.25) is 0 Å². The van der Waals surface area contributed by atoms with E-state index in [1.165, 1.54) is 4.88 Å².